The molecule has 0 heterocycles. The first-order valence-electron chi connectivity index (χ1n) is 7.38. The Balaban J connectivity index is 2.38. The molecule has 0 aromatic heterocycles. The molecule has 0 aliphatic heterocycles. The van der Waals surface area contributed by atoms with Gasteiger partial charge in [-0.05, 0) is 36.8 Å². The number of hydrogen-bond donors (Lipinski definition) is 2. The molecule has 0 spiro atoms. The Morgan fingerprint density at radius 1 is 1.38 bits per heavy atom. The Labute approximate surface area is 123 Å². The molecule has 21 heavy (non-hydrogen) atoms. The number of rotatable bonds is 4. The van der Waals surface area contributed by atoms with Crippen molar-refractivity contribution in [2.75, 3.05) is 6.54 Å². The Morgan fingerprint density at radius 3 is 2.57 bits per heavy atom. The Morgan fingerprint density at radius 2 is 2.05 bits per heavy atom. The van der Waals surface area contributed by atoms with Crippen LogP contribution < -0.4 is 5.73 Å². The highest BCUT2D eigenvalue weighted by Gasteiger charge is 2.46. The van der Waals surface area contributed by atoms with Gasteiger partial charge in [-0.3, -0.25) is 0 Å². The summed E-state index contributed by atoms with van der Waals surface area (Å²) in [6.45, 7) is 2.27. The summed E-state index contributed by atoms with van der Waals surface area (Å²) in [6, 6.07) is 5.27. The first-order valence-corrected chi connectivity index (χ1v) is 7.38. The fourth-order valence-electron chi connectivity index (χ4n) is 3.49. The molecule has 3 unspecified atom stereocenters. The lowest BCUT2D eigenvalue weighted by Gasteiger charge is -2.35. The van der Waals surface area contributed by atoms with E-state index in [1.807, 2.05) is 0 Å². The minimum atomic E-state index is -4.46. The van der Waals surface area contributed by atoms with E-state index < -0.39 is 23.3 Å². The maximum atomic E-state index is 13.1. The van der Waals surface area contributed by atoms with Crippen molar-refractivity contribution in [3.63, 3.8) is 0 Å². The van der Waals surface area contributed by atoms with Crippen LogP contribution >= 0.6 is 0 Å². The molecule has 3 N–H and O–H groups in total. The van der Waals surface area contributed by atoms with Crippen LogP contribution in [0.1, 0.15) is 49.8 Å². The number of aliphatic hydroxyl groups excluding tert-OH is 1. The molecule has 3 atom stereocenters. The van der Waals surface area contributed by atoms with Gasteiger partial charge in [0.05, 0.1) is 11.7 Å². The van der Waals surface area contributed by atoms with Crippen LogP contribution in [0.4, 0.5) is 13.2 Å². The van der Waals surface area contributed by atoms with Gasteiger partial charge < -0.3 is 10.8 Å². The maximum absolute atomic E-state index is 13.1. The number of benzene rings is 1. The third-order valence-electron chi connectivity index (χ3n) is 4.87. The van der Waals surface area contributed by atoms with Crippen LogP contribution in [0.3, 0.4) is 0 Å². The molecule has 1 fully saturated rings. The predicted octanol–water partition coefficient (Wildman–Crippen LogP) is 3.89. The second kappa shape index (κ2) is 5.97. The average molecular weight is 301 g/mol. The summed E-state index contributed by atoms with van der Waals surface area (Å²) in [4.78, 5) is 0. The van der Waals surface area contributed by atoms with Crippen molar-refractivity contribution < 1.29 is 18.3 Å². The SMILES string of the molecule is CCC1CCC(CN)(C(O)c2ccccc2C(F)(F)F)C1. The third-order valence-corrected chi connectivity index (χ3v) is 4.87. The molecule has 2 rings (SSSR count). The van der Waals surface area contributed by atoms with Crippen LogP contribution in [0.2, 0.25) is 0 Å². The monoisotopic (exact) mass is 301 g/mol. The van der Waals surface area contributed by atoms with Crippen molar-refractivity contribution in [2.45, 2.75) is 44.9 Å². The highest BCUT2D eigenvalue weighted by molar-refractivity contribution is 5.33. The Kier molecular flexibility index (Phi) is 4.63. The molecule has 1 aliphatic carbocycles. The lowest BCUT2D eigenvalue weighted by atomic mass is 9.75. The van der Waals surface area contributed by atoms with E-state index in [0.717, 1.165) is 18.9 Å². The quantitative estimate of drug-likeness (QED) is 0.886. The van der Waals surface area contributed by atoms with Crippen molar-refractivity contribution in [1.29, 1.82) is 0 Å². The Hall–Kier alpha value is -1.07. The van der Waals surface area contributed by atoms with E-state index in [2.05, 4.69) is 6.92 Å². The maximum Gasteiger partial charge on any atom is 0.416 e. The van der Waals surface area contributed by atoms with Gasteiger partial charge in [0.25, 0.3) is 0 Å². The molecule has 5 heteroatoms. The number of alkyl halides is 3. The van der Waals surface area contributed by atoms with Gasteiger partial charge in [0.15, 0.2) is 0 Å². The van der Waals surface area contributed by atoms with E-state index in [0.29, 0.717) is 18.8 Å². The second-order valence-electron chi connectivity index (χ2n) is 6.07. The smallest absolute Gasteiger partial charge is 0.388 e. The molecule has 2 nitrogen and oxygen atoms in total. The second-order valence-corrected chi connectivity index (χ2v) is 6.07. The van der Waals surface area contributed by atoms with E-state index in [-0.39, 0.29) is 12.1 Å². The first-order chi connectivity index (χ1) is 9.84. The highest BCUT2D eigenvalue weighted by atomic mass is 19.4. The van der Waals surface area contributed by atoms with E-state index in [4.69, 9.17) is 5.73 Å². The predicted molar refractivity (Wildman–Crippen MR) is 75.5 cm³/mol. The molecule has 1 aromatic carbocycles. The molecular formula is C16H22F3NO. The van der Waals surface area contributed by atoms with E-state index in [1.54, 1.807) is 0 Å². The minimum absolute atomic E-state index is 0.0489. The lowest BCUT2D eigenvalue weighted by molar-refractivity contribution is -0.140. The summed E-state index contributed by atoms with van der Waals surface area (Å²) in [7, 11) is 0. The van der Waals surface area contributed by atoms with Crippen molar-refractivity contribution in [1.82, 2.24) is 0 Å². The summed E-state index contributed by atoms with van der Waals surface area (Å²) in [6.07, 6.45) is -2.38. The topological polar surface area (TPSA) is 46.2 Å². The summed E-state index contributed by atoms with van der Waals surface area (Å²) < 4.78 is 39.4. The third kappa shape index (κ3) is 3.09. The zero-order chi connectivity index (χ0) is 15.7. The molecule has 1 aliphatic rings. The summed E-state index contributed by atoms with van der Waals surface area (Å²) in [5.41, 5.74) is 4.40. The molecule has 1 saturated carbocycles. The minimum Gasteiger partial charge on any atom is -0.388 e. The number of halogens is 3. The lowest BCUT2D eigenvalue weighted by Crippen LogP contribution is -2.35. The number of aliphatic hydroxyl groups is 1. The summed E-state index contributed by atoms with van der Waals surface area (Å²) in [5, 5.41) is 10.6. The van der Waals surface area contributed by atoms with Crippen LogP contribution in [0.5, 0.6) is 0 Å². The van der Waals surface area contributed by atoms with Crippen LogP contribution in [0.15, 0.2) is 24.3 Å². The molecule has 0 bridgehead atoms. The van der Waals surface area contributed by atoms with Gasteiger partial charge in [-0.15, -0.1) is 0 Å². The summed E-state index contributed by atoms with van der Waals surface area (Å²) in [5.74, 6) is 0.432. The van der Waals surface area contributed by atoms with Gasteiger partial charge >= 0.3 is 6.18 Å². The van der Waals surface area contributed by atoms with E-state index >= 15 is 0 Å². The fraction of sp³-hybridized carbons (Fsp3) is 0.625. The standard InChI is InChI=1S/C16H22F3NO/c1-2-11-7-8-15(9-11,10-20)14(21)12-5-3-4-6-13(12)16(17,18)19/h3-6,11,14,21H,2,7-10,20H2,1H3. The van der Waals surface area contributed by atoms with E-state index in [1.165, 1.54) is 18.2 Å². The van der Waals surface area contributed by atoms with Crippen molar-refractivity contribution in [3.05, 3.63) is 35.4 Å². The molecule has 0 radical (unpaired) electrons. The summed E-state index contributed by atoms with van der Waals surface area (Å²) >= 11 is 0. The van der Waals surface area contributed by atoms with Crippen molar-refractivity contribution >= 4 is 0 Å². The van der Waals surface area contributed by atoms with Gasteiger partial charge in [-0.1, -0.05) is 31.5 Å². The first kappa shape index (κ1) is 16.3. The van der Waals surface area contributed by atoms with Gasteiger partial charge in [0.2, 0.25) is 0 Å². The number of hydrogen-bond acceptors (Lipinski definition) is 2. The molecule has 0 saturated heterocycles. The average Bonchev–Trinajstić information content (AvgIpc) is 2.90. The van der Waals surface area contributed by atoms with Crippen LogP contribution in [-0.4, -0.2) is 11.7 Å². The van der Waals surface area contributed by atoms with Gasteiger partial charge in [-0.25, -0.2) is 0 Å². The zero-order valence-corrected chi connectivity index (χ0v) is 12.2. The zero-order valence-electron chi connectivity index (χ0n) is 12.2. The van der Waals surface area contributed by atoms with Crippen molar-refractivity contribution in [3.8, 4) is 0 Å². The fourth-order valence-corrected chi connectivity index (χ4v) is 3.49. The van der Waals surface area contributed by atoms with E-state index in [9.17, 15) is 18.3 Å². The highest BCUT2D eigenvalue weighted by Crippen LogP contribution is 2.51. The number of nitrogens with two attached hydrogens (primary N) is 1. The van der Waals surface area contributed by atoms with Gasteiger partial charge in [0.1, 0.15) is 0 Å². The van der Waals surface area contributed by atoms with Crippen LogP contribution in [0.25, 0.3) is 0 Å². The van der Waals surface area contributed by atoms with Crippen LogP contribution in [0, 0.1) is 11.3 Å². The molecule has 0 amide bonds. The van der Waals surface area contributed by atoms with Gasteiger partial charge in [-0.2, -0.15) is 13.2 Å². The van der Waals surface area contributed by atoms with Crippen molar-refractivity contribution in [2.24, 2.45) is 17.1 Å². The van der Waals surface area contributed by atoms with Crippen LogP contribution in [-0.2, 0) is 6.18 Å². The van der Waals surface area contributed by atoms with Gasteiger partial charge in [0, 0.05) is 12.0 Å². The molecular weight excluding hydrogens is 279 g/mol. The molecule has 1 aromatic rings. The largest absolute Gasteiger partial charge is 0.416 e. The molecule has 118 valence electrons. The Bertz CT molecular complexity index is 489. The normalized spacial score (nSPS) is 27.8.